The first-order valence-electron chi connectivity index (χ1n) is 41.1. The lowest BCUT2D eigenvalue weighted by molar-refractivity contribution is -0.674. The summed E-state index contributed by atoms with van der Waals surface area (Å²) < 4.78 is 18.3. The number of rotatable bonds is 41. The number of amides is 15. The van der Waals surface area contributed by atoms with Gasteiger partial charge in [0.25, 0.3) is 11.7 Å². The largest absolute Gasteiger partial charge is 0.545 e. The Morgan fingerprint density at radius 1 is 0.701 bits per heavy atom. The molecule has 2 aromatic heterocycles. The third kappa shape index (κ3) is 28.4. The van der Waals surface area contributed by atoms with Gasteiger partial charge in [-0.3, -0.25) is 97.9 Å². The number of pyridine rings is 2. The van der Waals surface area contributed by atoms with Gasteiger partial charge in [0.05, 0.1) is 54.7 Å². The van der Waals surface area contributed by atoms with Gasteiger partial charge in [0.1, 0.15) is 64.9 Å². The molecule has 11 atom stereocenters. The van der Waals surface area contributed by atoms with Gasteiger partial charge >= 0.3 is 0 Å². The quantitative estimate of drug-likeness (QED) is 0.00287. The summed E-state index contributed by atoms with van der Waals surface area (Å²) in [6.07, 6.45) is -5.28. The van der Waals surface area contributed by atoms with Crippen molar-refractivity contribution in [1.82, 2.24) is 83.4 Å². The molecule has 0 radical (unpaired) electrons. The first-order valence-corrected chi connectivity index (χ1v) is 41.1. The Morgan fingerprint density at radius 2 is 1.30 bits per heavy atom. The van der Waals surface area contributed by atoms with Crippen LogP contribution in [0.4, 0.5) is 21.6 Å². The van der Waals surface area contributed by atoms with Crippen molar-refractivity contribution >= 4 is 141 Å². The second-order valence-corrected chi connectivity index (χ2v) is 30.8. The minimum Gasteiger partial charge on any atom is -0.545 e. The van der Waals surface area contributed by atoms with E-state index in [9.17, 15) is 128 Å². The van der Waals surface area contributed by atoms with Crippen LogP contribution >= 0.6 is 0 Å². The van der Waals surface area contributed by atoms with Gasteiger partial charge in [-0.1, -0.05) is 0 Å². The number of hydroxylamine groups is 4. The number of aliphatic hydroxyl groups excluding tert-OH is 4. The molecular weight excluding hydrogens is 1680 g/mol. The predicted molar refractivity (Wildman–Crippen MR) is 441 cm³/mol. The summed E-state index contributed by atoms with van der Waals surface area (Å²) in [6, 6.07) is -7.75. The van der Waals surface area contributed by atoms with Crippen LogP contribution in [0.1, 0.15) is 134 Å². The molecule has 49 heteroatoms. The van der Waals surface area contributed by atoms with Crippen LogP contribution in [-0.4, -0.2) is 307 Å². The molecule has 0 aliphatic carbocycles. The Hall–Kier alpha value is -13.3. The zero-order chi connectivity index (χ0) is 93.7. The second kappa shape index (κ2) is 47.7. The van der Waals surface area contributed by atoms with E-state index >= 15 is 4.39 Å². The summed E-state index contributed by atoms with van der Waals surface area (Å²) in [5, 5.41) is 139. The monoisotopic (exact) mass is 1790 g/mol. The fourth-order valence-electron chi connectivity index (χ4n) is 14.3. The van der Waals surface area contributed by atoms with E-state index in [-0.39, 0.29) is 205 Å². The zero-order valence-corrected chi connectivity index (χ0v) is 70.3. The van der Waals surface area contributed by atoms with E-state index in [4.69, 9.17) is 11.1 Å². The normalized spacial score (nSPS) is 18.6. The highest BCUT2D eigenvalue weighted by Crippen LogP contribution is 2.36. The fourth-order valence-corrected chi connectivity index (χ4v) is 14.3. The minimum atomic E-state index is -2.25. The molecule has 0 bridgehead atoms. The summed E-state index contributed by atoms with van der Waals surface area (Å²) >= 11 is 0. The highest BCUT2D eigenvalue weighted by Gasteiger charge is 2.43. The van der Waals surface area contributed by atoms with Gasteiger partial charge in [-0.15, -0.1) is 0 Å². The fraction of sp³-hybridized carbons (Fsp3) is 0.551. The number of carboxylic acids is 1. The smallest absolute Gasteiger partial charge is 0.299 e. The number of nitrogens with two attached hydrogens (primary N) is 1. The number of aromatic carboxylic acids is 1. The number of hydrogen-bond acceptors (Lipinski definition) is 29. The van der Waals surface area contributed by atoms with Gasteiger partial charge in [0.2, 0.25) is 83.7 Å². The number of piperazine rings is 1. The number of phenols is 2. The number of nitrogens with one attached hydrogen (secondary N) is 15. The van der Waals surface area contributed by atoms with E-state index in [0.717, 1.165) is 38.2 Å². The molecular formula is C78H111FN22O26. The molecule has 7 rings (SSSR count). The Bertz CT molecular complexity index is 4780. The number of aromatic hydroxyl groups is 2. The maximum Gasteiger partial charge on any atom is 0.299 e. The van der Waals surface area contributed by atoms with Crippen molar-refractivity contribution in [2.24, 2.45) is 5.73 Å². The molecule has 0 spiro atoms. The maximum absolute atomic E-state index is 15.5. The third-order valence-corrected chi connectivity index (χ3v) is 21.3. The molecule has 3 aliphatic rings. The van der Waals surface area contributed by atoms with Crippen LogP contribution in [0.2, 0.25) is 0 Å². The summed E-state index contributed by atoms with van der Waals surface area (Å²) in [5.74, 6) is -16.5. The van der Waals surface area contributed by atoms with Crippen LogP contribution in [0, 0.1) is 11.2 Å². The molecule has 25 N–H and O–H groups in total. The lowest BCUT2D eigenvalue weighted by Gasteiger charge is -2.36. The number of phenolic OH excluding ortho intramolecular Hbond substituents is 2. The number of anilines is 3. The number of aryl methyl sites for hydroxylation is 1. The van der Waals surface area contributed by atoms with Gasteiger partial charge in [-0.2, -0.15) is 0 Å². The average Bonchev–Trinajstić information content (AvgIpc) is 0.751. The summed E-state index contributed by atoms with van der Waals surface area (Å²) in [6.45, 7) is 2.52. The Kier molecular flexibility index (Phi) is 37.9. The van der Waals surface area contributed by atoms with Crippen molar-refractivity contribution in [3.8, 4) is 11.5 Å². The predicted octanol–water partition coefficient (Wildman–Crippen LogP) is -8.35. The molecule has 48 nitrogen and oxygen atoms in total. The number of aromatic nitrogens is 2. The van der Waals surface area contributed by atoms with Crippen LogP contribution in [0.25, 0.3) is 21.8 Å². The average molecular weight is 1790 g/mol. The first kappa shape index (κ1) is 101. The highest BCUT2D eigenvalue weighted by molar-refractivity contribution is 6.02. The number of carboxylic acid groups (broad SMARTS) is 1. The van der Waals surface area contributed by atoms with Gasteiger partial charge < -0.3 is 130 Å². The van der Waals surface area contributed by atoms with Gasteiger partial charge in [0.15, 0.2) is 28.9 Å². The lowest BCUT2D eigenvalue weighted by Crippen LogP contribution is -2.65. The third-order valence-electron chi connectivity index (χ3n) is 21.3. The van der Waals surface area contributed by atoms with E-state index < -0.39 is 216 Å². The highest BCUT2D eigenvalue weighted by atomic mass is 19.1. The van der Waals surface area contributed by atoms with E-state index in [2.05, 4.69) is 74.4 Å². The lowest BCUT2D eigenvalue weighted by atomic mass is 9.92. The number of hydrogen-bond donors (Lipinski definition) is 24. The molecule has 2 saturated heterocycles. The Balaban J connectivity index is 0.986. The van der Waals surface area contributed by atoms with E-state index in [1.807, 2.05) is 0 Å². The molecule has 15 amide bonds. The number of aliphatic hydroxyl groups is 4. The van der Waals surface area contributed by atoms with Crippen LogP contribution in [0.15, 0.2) is 41.3 Å². The molecule has 0 saturated carbocycles. The van der Waals surface area contributed by atoms with Crippen LogP contribution in [0.3, 0.4) is 0 Å². The van der Waals surface area contributed by atoms with Crippen LogP contribution in [-0.2, 0) is 78.5 Å². The minimum absolute atomic E-state index is 0.00402. The van der Waals surface area contributed by atoms with E-state index in [1.165, 1.54) is 33.1 Å². The van der Waals surface area contributed by atoms with E-state index in [1.54, 1.807) is 11.8 Å². The molecule has 4 aromatic rings. The molecule has 696 valence electrons. The molecule has 2 fully saturated rings. The van der Waals surface area contributed by atoms with Crippen LogP contribution in [0.5, 0.6) is 11.5 Å². The van der Waals surface area contributed by atoms with Crippen molar-refractivity contribution in [1.29, 1.82) is 5.41 Å². The van der Waals surface area contributed by atoms with Crippen molar-refractivity contribution in [3.63, 3.8) is 0 Å². The summed E-state index contributed by atoms with van der Waals surface area (Å²) in [7, 11) is 0. The van der Waals surface area contributed by atoms with Gasteiger partial charge in [-0.05, 0) is 110 Å². The van der Waals surface area contributed by atoms with E-state index in [0.29, 0.717) is 5.52 Å². The standard InChI is InChI=1S/C78H111FN22O26/c1-5-96-36-45(75(123)124)65(114)44-33-46(79)56(34-55(44)96)97-27-29-98(30-28-97)62(113)17-16-60(111)83-24-23-82-59(110)14-15-61(112)87-50-31-43-32-57(108)58(109)35-54(43)101-53(18-22-84-66(50)101)72(120)91-51(37-102)70(118)89-47(12-8-21-86-77(80)81)67(115)90-52(38-103)71(119)95-78(4,19-10-26-100(127)40-105)76(125)92-49-11-6-7-20-85-73(121)63(41(2)106)94-74(122)64(42(3)107)93-69(117)48(88-68(49)116)13-9-25-99(126)39-104/h31-36,39-42,47-49,51-53,63-64,102-103,106-107,126-127H,5-30,37-38H2,1-4H3,(H19,80,81,82,83,84,85,86,87,88,89,90,91,92,93,94,95,108,109,110,111,112,115,116,117,118,119,120,121,122,123,124,125)/t41?,42?,47-,48-,49-,51+,52+,53-,63-,64-,78-/m0/s1. The number of nitrogens with zero attached hydrogens (tertiary/aromatic N) is 6. The molecule has 2 unspecified atom stereocenters. The maximum atomic E-state index is 15.5. The molecule has 2 aromatic carbocycles. The number of guanidine groups is 1. The zero-order valence-electron chi connectivity index (χ0n) is 70.3. The van der Waals surface area contributed by atoms with Gasteiger partial charge in [0, 0.05) is 127 Å². The van der Waals surface area contributed by atoms with Crippen molar-refractivity contribution in [2.75, 3.05) is 101 Å². The molecule has 127 heavy (non-hydrogen) atoms. The Morgan fingerprint density at radius 3 is 1.92 bits per heavy atom. The first-order chi connectivity index (χ1) is 60.3. The molecule has 5 heterocycles. The van der Waals surface area contributed by atoms with Crippen LogP contribution < -0.4 is 100 Å². The number of carbonyl (C=O) groups is 16. The van der Waals surface area contributed by atoms with Gasteiger partial charge in [-0.25, -0.2) is 19.1 Å². The number of fused-ring (bicyclic) bond motifs is 4. The SMILES string of the molecule is CCn1cc(C(=O)[O-])c(=O)c2cc(F)c(N3CCN(C(=O)CCC(=O)NCCNC(=O)CCC(=O)Nc4cc5cc(O)c(O)cc5[n+]5c4NCC[C@H]5C(=O)N[C@H](CO)C(=O)N[C@@H](CCCNC(=N)N)C(=O)N[C@H](CO)C(=O)N[C@@](C)(CCCN(O)C=O)C(=O)N[C@H]4CCCCNC(=O)[C@H](C(C)O)NC(=O)[C@H](C(C)O)NC(=O)[C@H](CCCN(O)C=O)NC4=O)CC3)cc21. The second-order valence-electron chi connectivity index (χ2n) is 30.8. The van der Waals surface area contributed by atoms with Crippen molar-refractivity contribution in [2.45, 2.75) is 190 Å². The van der Waals surface area contributed by atoms with Crippen molar-refractivity contribution in [3.05, 3.63) is 58.1 Å². The number of halogens is 1. The summed E-state index contributed by atoms with van der Waals surface area (Å²) in [4.78, 5) is 231. The topological polar surface area (TPSA) is 715 Å². The Labute approximate surface area is 724 Å². The number of benzene rings is 2. The van der Waals surface area contributed by atoms with Crippen molar-refractivity contribution < 1.29 is 132 Å². The number of carbonyl (C=O) groups excluding carboxylic acids is 16. The summed E-state index contributed by atoms with van der Waals surface area (Å²) in [5.41, 5.74) is 2.28. The molecule has 3 aliphatic heterocycles.